The molecule has 0 aliphatic rings. The molecule has 0 saturated heterocycles. The van der Waals surface area contributed by atoms with Crippen LogP contribution in [0.2, 0.25) is 5.02 Å². The molecule has 0 unspecified atom stereocenters. The second-order valence-corrected chi connectivity index (χ2v) is 9.44. The number of halogens is 2. The van der Waals surface area contributed by atoms with Crippen LogP contribution in [0.3, 0.4) is 0 Å². The van der Waals surface area contributed by atoms with Gasteiger partial charge in [-0.2, -0.15) is 4.98 Å². The number of nitrogens with zero attached hydrogens (tertiary/aromatic N) is 2. The molecule has 1 aromatic heterocycles. The highest BCUT2D eigenvalue weighted by Gasteiger charge is 2.19. The maximum atomic E-state index is 13.2. The molecule has 158 valence electrons. The summed E-state index contributed by atoms with van der Waals surface area (Å²) in [5.74, 6) is 1.01. The first-order valence-corrected chi connectivity index (χ1v) is 11.6. The highest BCUT2D eigenvalue weighted by Crippen LogP contribution is 2.33. The SMILES string of the molecule is Cc1c(Oc2ccc(F)cc2)nc(-c2ccc(S(C)(=O)=O)cc2)n1-c1ccc(Cl)cc1. The van der Waals surface area contributed by atoms with Crippen LogP contribution in [-0.2, 0) is 9.84 Å². The fourth-order valence-electron chi connectivity index (χ4n) is 3.14. The Balaban J connectivity index is 1.84. The van der Waals surface area contributed by atoms with Crippen molar-refractivity contribution in [1.29, 1.82) is 0 Å². The van der Waals surface area contributed by atoms with E-state index >= 15 is 0 Å². The molecular formula is C23H18ClFN2O3S. The molecule has 0 atom stereocenters. The Morgan fingerprint density at radius 1 is 0.935 bits per heavy atom. The molecule has 0 N–H and O–H groups in total. The molecule has 31 heavy (non-hydrogen) atoms. The van der Waals surface area contributed by atoms with Gasteiger partial charge in [-0.05, 0) is 79.7 Å². The van der Waals surface area contributed by atoms with E-state index in [9.17, 15) is 12.8 Å². The fraction of sp³-hybridized carbons (Fsp3) is 0.0870. The van der Waals surface area contributed by atoms with Gasteiger partial charge in [0.05, 0.1) is 10.6 Å². The molecule has 0 aliphatic heterocycles. The number of benzene rings is 3. The summed E-state index contributed by atoms with van der Waals surface area (Å²) in [6.07, 6.45) is 1.16. The Morgan fingerprint density at radius 3 is 2.13 bits per heavy atom. The third kappa shape index (κ3) is 4.47. The van der Waals surface area contributed by atoms with Gasteiger partial charge in [0.25, 0.3) is 0 Å². The van der Waals surface area contributed by atoms with Crippen molar-refractivity contribution < 1.29 is 17.5 Å². The van der Waals surface area contributed by atoms with E-state index in [2.05, 4.69) is 4.98 Å². The number of hydrogen-bond donors (Lipinski definition) is 0. The van der Waals surface area contributed by atoms with Gasteiger partial charge in [0.2, 0.25) is 5.88 Å². The van der Waals surface area contributed by atoms with Crippen LogP contribution in [0.5, 0.6) is 11.6 Å². The summed E-state index contributed by atoms with van der Waals surface area (Å²) in [4.78, 5) is 4.88. The molecular weight excluding hydrogens is 439 g/mol. The van der Waals surface area contributed by atoms with Crippen molar-refractivity contribution in [2.24, 2.45) is 0 Å². The summed E-state index contributed by atoms with van der Waals surface area (Å²) < 4.78 is 44.7. The van der Waals surface area contributed by atoms with E-state index in [-0.39, 0.29) is 10.7 Å². The number of rotatable bonds is 5. The van der Waals surface area contributed by atoms with Crippen LogP contribution in [0.4, 0.5) is 4.39 Å². The molecule has 5 nitrogen and oxygen atoms in total. The molecule has 0 aliphatic carbocycles. The first-order valence-electron chi connectivity index (χ1n) is 9.31. The predicted molar refractivity (Wildman–Crippen MR) is 118 cm³/mol. The van der Waals surface area contributed by atoms with Gasteiger partial charge in [-0.1, -0.05) is 11.6 Å². The molecule has 3 aromatic carbocycles. The Hall–Kier alpha value is -3.16. The van der Waals surface area contributed by atoms with E-state index in [1.165, 1.54) is 24.3 Å². The third-order valence-corrected chi connectivity index (χ3v) is 6.10. The average Bonchev–Trinajstić information content (AvgIpc) is 3.06. The average molecular weight is 457 g/mol. The van der Waals surface area contributed by atoms with Crippen molar-refractivity contribution in [2.75, 3.05) is 6.26 Å². The number of imidazole rings is 1. The van der Waals surface area contributed by atoms with E-state index < -0.39 is 9.84 Å². The number of ether oxygens (including phenoxy) is 1. The van der Waals surface area contributed by atoms with E-state index in [0.717, 1.165) is 11.9 Å². The molecule has 0 radical (unpaired) electrons. The van der Waals surface area contributed by atoms with E-state index in [1.54, 1.807) is 36.4 Å². The van der Waals surface area contributed by atoms with Crippen LogP contribution in [0.1, 0.15) is 5.69 Å². The topological polar surface area (TPSA) is 61.2 Å². The molecule has 0 spiro atoms. The van der Waals surface area contributed by atoms with Gasteiger partial charge in [0.15, 0.2) is 9.84 Å². The molecule has 0 fully saturated rings. The van der Waals surface area contributed by atoms with E-state index in [4.69, 9.17) is 16.3 Å². The lowest BCUT2D eigenvalue weighted by molar-refractivity contribution is 0.460. The summed E-state index contributed by atoms with van der Waals surface area (Å²) in [5, 5.41) is 0.600. The lowest BCUT2D eigenvalue weighted by atomic mass is 10.2. The maximum absolute atomic E-state index is 13.2. The predicted octanol–water partition coefficient (Wildman–Crippen LogP) is 5.84. The number of sulfone groups is 1. The van der Waals surface area contributed by atoms with Crippen LogP contribution in [0.25, 0.3) is 17.1 Å². The van der Waals surface area contributed by atoms with E-state index in [1.807, 2.05) is 23.6 Å². The van der Waals surface area contributed by atoms with Crippen molar-refractivity contribution >= 4 is 21.4 Å². The molecule has 0 amide bonds. The second kappa shape index (κ2) is 8.17. The maximum Gasteiger partial charge on any atom is 0.241 e. The largest absolute Gasteiger partial charge is 0.437 e. The van der Waals surface area contributed by atoms with Crippen molar-refractivity contribution in [1.82, 2.24) is 9.55 Å². The summed E-state index contributed by atoms with van der Waals surface area (Å²) in [6, 6.07) is 19.4. The number of aromatic nitrogens is 2. The van der Waals surface area contributed by atoms with Gasteiger partial charge in [-0.3, -0.25) is 4.57 Å². The van der Waals surface area contributed by atoms with Gasteiger partial charge in [0.1, 0.15) is 17.4 Å². The van der Waals surface area contributed by atoms with Crippen LogP contribution >= 0.6 is 11.6 Å². The quantitative estimate of drug-likeness (QED) is 0.378. The Labute approximate surface area is 184 Å². The Kier molecular flexibility index (Phi) is 5.56. The van der Waals surface area contributed by atoms with Crippen molar-refractivity contribution in [3.63, 3.8) is 0 Å². The lowest BCUT2D eigenvalue weighted by Gasteiger charge is -2.11. The smallest absolute Gasteiger partial charge is 0.241 e. The molecule has 0 bridgehead atoms. The minimum atomic E-state index is -3.31. The minimum Gasteiger partial charge on any atom is -0.437 e. The summed E-state index contributed by atoms with van der Waals surface area (Å²) in [6.45, 7) is 1.86. The highest BCUT2D eigenvalue weighted by atomic mass is 35.5. The first kappa shape index (κ1) is 21.1. The van der Waals surface area contributed by atoms with Gasteiger partial charge in [-0.15, -0.1) is 0 Å². The molecule has 1 heterocycles. The van der Waals surface area contributed by atoms with Crippen LogP contribution < -0.4 is 4.74 Å². The zero-order valence-corrected chi connectivity index (χ0v) is 18.3. The van der Waals surface area contributed by atoms with Gasteiger partial charge in [0, 0.05) is 22.5 Å². The monoisotopic (exact) mass is 456 g/mol. The molecule has 0 saturated carbocycles. The highest BCUT2D eigenvalue weighted by molar-refractivity contribution is 7.90. The van der Waals surface area contributed by atoms with Gasteiger partial charge < -0.3 is 4.74 Å². The Bertz CT molecular complexity index is 1330. The zero-order chi connectivity index (χ0) is 22.2. The third-order valence-electron chi connectivity index (χ3n) is 4.72. The Morgan fingerprint density at radius 2 is 1.55 bits per heavy atom. The lowest BCUT2D eigenvalue weighted by Crippen LogP contribution is -2.01. The van der Waals surface area contributed by atoms with Crippen LogP contribution in [0, 0.1) is 12.7 Å². The van der Waals surface area contributed by atoms with Crippen LogP contribution in [-0.4, -0.2) is 24.2 Å². The van der Waals surface area contributed by atoms with Crippen molar-refractivity contribution in [3.8, 4) is 28.7 Å². The van der Waals surface area contributed by atoms with Crippen LogP contribution in [0.15, 0.2) is 77.7 Å². The molecule has 4 rings (SSSR count). The zero-order valence-electron chi connectivity index (χ0n) is 16.7. The van der Waals surface area contributed by atoms with Gasteiger partial charge in [-0.25, -0.2) is 12.8 Å². The molecule has 8 heteroatoms. The van der Waals surface area contributed by atoms with Gasteiger partial charge >= 0.3 is 0 Å². The van der Waals surface area contributed by atoms with Crippen molar-refractivity contribution in [2.45, 2.75) is 11.8 Å². The summed E-state index contributed by atoms with van der Waals surface area (Å²) >= 11 is 6.04. The van der Waals surface area contributed by atoms with E-state index in [0.29, 0.717) is 33.7 Å². The summed E-state index contributed by atoms with van der Waals surface area (Å²) in [7, 11) is -3.31. The molecule has 4 aromatic rings. The fourth-order valence-corrected chi connectivity index (χ4v) is 3.90. The standard InChI is InChI=1S/C23H18ClFN2O3S/c1-15-23(30-20-11-7-18(25)8-12-20)26-22(27(15)19-9-5-17(24)6-10-19)16-3-13-21(14-4-16)31(2,28)29/h3-14H,1-2H3. The van der Waals surface area contributed by atoms with Crippen molar-refractivity contribution in [3.05, 3.63) is 89.3 Å². The normalized spacial score (nSPS) is 11.5. The number of hydrogen-bond acceptors (Lipinski definition) is 4. The summed E-state index contributed by atoms with van der Waals surface area (Å²) in [5.41, 5.74) is 2.23. The first-order chi connectivity index (χ1) is 14.7. The minimum absolute atomic E-state index is 0.223. The second-order valence-electron chi connectivity index (χ2n) is 6.99.